The summed E-state index contributed by atoms with van der Waals surface area (Å²) in [5.74, 6) is 0. The molecular formula is C10H13NO. The van der Waals surface area contributed by atoms with Crippen LogP contribution in [-0.2, 0) is 4.84 Å². The van der Waals surface area contributed by atoms with Gasteiger partial charge in [-0.3, -0.25) is 0 Å². The van der Waals surface area contributed by atoms with Gasteiger partial charge in [0.2, 0.25) is 0 Å². The zero-order valence-electron chi connectivity index (χ0n) is 7.45. The molecule has 0 unspecified atom stereocenters. The lowest BCUT2D eigenvalue weighted by atomic mass is 10.1. The van der Waals surface area contributed by atoms with E-state index >= 15 is 0 Å². The summed E-state index contributed by atoms with van der Waals surface area (Å²) in [7, 11) is 0. The zero-order chi connectivity index (χ0) is 8.81. The average molecular weight is 163 g/mol. The van der Waals surface area contributed by atoms with Crippen molar-refractivity contribution in [1.29, 1.82) is 0 Å². The Morgan fingerprint density at radius 2 is 2.17 bits per heavy atom. The lowest BCUT2D eigenvalue weighted by molar-refractivity contribution is 0.160. The van der Waals surface area contributed by atoms with Gasteiger partial charge in [0.25, 0.3) is 0 Å². The minimum absolute atomic E-state index is 0.613. The number of nitrogens with zero attached hydrogens (tertiary/aromatic N) is 1. The molecule has 64 valence electrons. The molecule has 0 aliphatic heterocycles. The van der Waals surface area contributed by atoms with Crippen LogP contribution in [0.3, 0.4) is 0 Å². The third kappa shape index (κ3) is 2.38. The highest BCUT2D eigenvalue weighted by molar-refractivity contribution is 5.80. The van der Waals surface area contributed by atoms with Crippen LogP contribution in [0.5, 0.6) is 0 Å². The fraction of sp³-hybridized carbons (Fsp3) is 0.300. The van der Waals surface area contributed by atoms with Crippen molar-refractivity contribution in [3.63, 3.8) is 0 Å². The van der Waals surface area contributed by atoms with Gasteiger partial charge in [0.1, 0.15) is 6.61 Å². The smallest absolute Gasteiger partial charge is 0.114 e. The highest BCUT2D eigenvalue weighted by Gasteiger charge is 1.90. The van der Waals surface area contributed by atoms with Crippen LogP contribution in [0.1, 0.15) is 18.1 Å². The van der Waals surface area contributed by atoms with Crippen molar-refractivity contribution >= 4 is 6.21 Å². The van der Waals surface area contributed by atoms with Gasteiger partial charge >= 0.3 is 0 Å². The first-order valence-corrected chi connectivity index (χ1v) is 4.05. The van der Waals surface area contributed by atoms with Gasteiger partial charge in [-0.1, -0.05) is 29.4 Å². The maximum absolute atomic E-state index is 4.86. The van der Waals surface area contributed by atoms with E-state index in [1.165, 1.54) is 5.56 Å². The monoisotopic (exact) mass is 163 g/mol. The van der Waals surface area contributed by atoms with Crippen molar-refractivity contribution in [3.05, 3.63) is 35.4 Å². The Kier molecular flexibility index (Phi) is 3.33. The van der Waals surface area contributed by atoms with Crippen molar-refractivity contribution in [1.82, 2.24) is 0 Å². The Bertz CT molecular complexity index is 268. The summed E-state index contributed by atoms with van der Waals surface area (Å²) in [5, 5.41) is 3.80. The van der Waals surface area contributed by atoms with Gasteiger partial charge in [-0.15, -0.1) is 0 Å². The summed E-state index contributed by atoms with van der Waals surface area (Å²) in [4.78, 5) is 4.86. The van der Waals surface area contributed by atoms with E-state index < -0.39 is 0 Å². The fourth-order valence-electron chi connectivity index (χ4n) is 0.900. The summed E-state index contributed by atoms with van der Waals surface area (Å²) >= 11 is 0. The molecule has 0 N–H and O–H groups in total. The maximum atomic E-state index is 4.86. The Balaban J connectivity index is 2.68. The normalized spacial score (nSPS) is 10.5. The predicted octanol–water partition coefficient (Wildman–Crippen LogP) is 2.37. The summed E-state index contributed by atoms with van der Waals surface area (Å²) < 4.78 is 0. The average Bonchev–Trinajstić information content (AvgIpc) is 2.09. The van der Waals surface area contributed by atoms with Crippen molar-refractivity contribution < 1.29 is 4.84 Å². The lowest BCUT2D eigenvalue weighted by Crippen LogP contribution is -1.87. The molecule has 2 heteroatoms. The standard InChI is InChI=1S/C10H13NO/c1-3-12-11-8-10-7-5-4-6-9(10)2/h4-8H,3H2,1-2H3/b11-8+. The van der Waals surface area contributed by atoms with Gasteiger partial charge in [0.15, 0.2) is 0 Å². The number of aryl methyl sites for hydroxylation is 1. The molecule has 12 heavy (non-hydrogen) atoms. The second kappa shape index (κ2) is 4.54. The third-order valence-corrected chi connectivity index (χ3v) is 1.58. The first kappa shape index (κ1) is 8.78. The van der Waals surface area contributed by atoms with Crippen LogP contribution in [0.15, 0.2) is 29.4 Å². The molecule has 0 aliphatic carbocycles. The van der Waals surface area contributed by atoms with Crippen LogP contribution in [0.4, 0.5) is 0 Å². The Hall–Kier alpha value is -1.31. The molecule has 0 aromatic heterocycles. The van der Waals surface area contributed by atoms with E-state index in [0.29, 0.717) is 6.61 Å². The highest BCUT2D eigenvalue weighted by atomic mass is 16.6. The van der Waals surface area contributed by atoms with Crippen molar-refractivity contribution in [2.24, 2.45) is 5.16 Å². The second-order valence-electron chi connectivity index (χ2n) is 2.51. The minimum atomic E-state index is 0.613. The molecule has 0 atom stereocenters. The fourth-order valence-corrected chi connectivity index (χ4v) is 0.900. The summed E-state index contributed by atoms with van der Waals surface area (Å²) in [6.07, 6.45) is 1.73. The van der Waals surface area contributed by atoms with E-state index in [1.807, 2.05) is 38.1 Å². The third-order valence-electron chi connectivity index (χ3n) is 1.58. The van der Waals surface area contributed by atoms with Crippen LogP contribution in [0.2, 0.25) is 0 Å². The first-order chi connectivity index (χ1) is 5.84. The van der Waals surface area contributed by atoms with E-state index in [-0.39, 0.29) is 0 Å². The summed E-state index contributed by atoms with van der Waals surface area (Å²) in [5.41, 5.74) is 2.31. The lowest BCUT2D eigenvalue weighted by Gasteiger charge is -1.97. The zero-order valence-corrected chi connectivity index (χ0v) is 7.45. The number of benzene rings is 1. The van der Waals surface area contributed by atoms with Gasteiger partial charge < -0.3 is 4.84 Å². The highest BCUT2D eigenvalue weighted by Crippen LogP contribution is 2.03. The predicted molar refractivity (Wildman–Crippen MR) is 50.4 cm³/mol. The minimum Gasteiger partial charge on any atom is -0.396 e. The molecule has 0 heterocycles. The van der Waals surface area contributed by atoms with Gasteiger partial charge in [-0.25, -0.2) is 0 Å². The Labute approximate surface area is 72.9 Å². The van der Waals surface area contributed by atoms with E-state index in [9.17, 15) is 0 Å². The molecule has 1 aromatic carbocycles. The van der Waals surface area contributed by atoms with Gasteiger partial charge in [-0.05, 0) is 25.0 Å². The van der Waals surface area contributed by atoms with Crippen LogP contribution < -0.4 is 0 Å². The van der Waals surface area contributed by atoms with Gasteiger partial charge in [-0.2, -0.15) is 0 Å². The molecule has 0 amide bonds. The van der Waals surface area contributed by atoms with E-state index in [4.69, 9.17) is 4.84 Å². The van der Waals surface area contributed by atoms with Gasteiger partial charge in [0.05, 0.1) is 6.21 Å². The number of oxime groups is 1. The van der Waals surface area contributed by atoms with E-state index in [0.717, 1.165) is 5.56 Å². The first-order valence-electron chi connectivity index (χ1n) is 4.05. The van der Waals surface area contributed by atoms with Crippen molar-refractivity contribution in [3.8, 4) is 0 Å². The topological polar surface area (TPSA) is 21.6 Å². The Morgan fingerprint density at radius 1 is 1.42 bits per heavy atom. The molecule has 0 fully saturated rings. The largest absolute Gasteiger partial charge is 0.396 e. The van der Waals surface area contributed by atoms with Crippen LogP contribution >= 0.6 is 0 Å². The molecule has 0 bridgehead atoms. The molecular weight excluding hydrogens is 150 g/mol. The number of hydrogen-bond acceptors (Lipinski definition) is 2. The molecule has 1 aromatic rings. The SMILES string of the molecule is CCO/N=C/c1ccccc1C. The second-order valence-corrected chi connectivity index (χ2v) is 2.51. The van der Waals surface area contributed by atoms with Crippen molar-refractivity contribution in [2.75, 3.05) is 6.61 Å². The van der Waals surface area contributed by atoms with Crippen LogP contribution in [-0.4, -0.2) is 12.8 Å². The number of rotatable bonds is 3. The van der Waals surface area contributed by atoms with Crippen molar-refractivity contribution in [2.45, 2.75) is 13.8 Å². The molecule has 0 spiro atoms. The molecule has 1 rings (SSSR count). The quantitative estimate of drug-likeness (QED) is 0.495. The maximum Gasteiger partial charge on any atom is 0.114 e. The Morgan fingerprint density at radius 3 is 2.83 bits per heavy atom. The van der Waals surface area contributed by atoms with E-state index in [2.05, 4.69) is 5.16 Å². The molecule has 0 aliphatic rings. The van der Waals surface area contributed by atoms with E-state index in [1.54, 1.807) is 6.21 Å². The van der Waals surface area contributed by atoms with Gasteiger partial charge in [0, 0.05) is 0 Å². The van der Waals surface area contributed by atoms with Crippen LogP contribution in [0, 0.1) is 6.92 Å². The van der Waals surface area contributed by atoms with Crippen LogP contribution in [0.25, 0.3) is 0 Å². The molecule has 0 saturated carbocycles. The summed E-state index contributed by atoms with van der Waals surface area (Å²) in [6, 6.07) is 8.05. The summed E-state index contributed by atoms with van der Waals surface area (Å²) in [6.45, 7) is 4.57. The number of hydrogen-bond donors (Lipinski definition) is 0. The molecule has 0 saturated heterocycles. The molecule has 2 nitrogen and oxygen atoms in total. The molecule has 0 radical (unpaired) electrons.